The highest BCUT2D eigenvalue weighted by atomic mass is 19.4. The van der Waals surface area contributed by atoms with Gasteiger partial charge in [0.1, 0.15) is 5.56 Å². The van der Waals surface area contributed by atoms with Crippen LogP contribution in [0.1, 0.15) is 32.9 Å². The van der Waals surface area contributed by atoms with E-state index in [-0.39, 0.29) is 22.5 Å². The molecule has 1 aliphatic heterocycles. The van der Waals surface area contributed by atoms with Crippen LogP contribution in [0, 0.1) is 13.8 Å². The molecule has 2 aromatic heterocycles. The first-order chi connectivity index (χ1) is 16.0. The Hall–Kier alpha value is -3.59. The minimum absolute atomic E-state index is 0.0208. The maximum absolute atomic E-state index is 13.6. The number of fused-ring (bicyclic) bond motifs is 1. The molecule has 0 spiro atoms. The molecule has 0 saturated carbocycles. The molecule has 178 valence electrons. The summed E-state index contributed by atoms with van der Waals surface area (Å²) < 4.78 is 43.8. The van der Waals surface area contributed by atoms with Gasteiger partial charge in [0.2, 0.25) is 5.78 Å². The van der Waals surface area contributed by atoms with Crippen molar-refractivity contribution in [2.75, 3.05) is 26.0 Å². The van der Waals surface area contributed by atoms with Crippen LogP contribution in [0.5, 0.6) is 0 Å². The van der Waals surface area contributed by atoms with Crippen LogP contribution in [0.4, 0.5) is 18.9 Å². The highest BCUT2D eigenvalue weighted by Crippen LogP contribution is 2.36. The zero-order valence-electron chi connectivity index (χ0n) is 19.3. The SMILES string of the molecule is Cc1cc(/C=C2/Nc3ccn(CCN(C)C)c(=O)c3C2=O)c(C)n1-c1ccccc1C(F)(F)F. The van der Waals surface area contributed by atoms with E-state index < -0.39 is 17.5 Å². The van der Waals surface area contributed by atoms with Gasteiger partial charge in [-0.1, -0.05) is 12.1 Å². The van der Waals surface area contributed by atoms with Gasteiger partial charge in [-0.2, -0.15) is 13.2 Å². The molecule has 6 nitrogen and oxygen atoms in total. The number of pyridine rings is 1. The van der Waals surface area contributed by atoms with Gasteiger partial charge in [-0.15, -0.1) is 0 Å². The Balaban J connectivity index is 1.72. The predicted octanol–water partition coefficient (Wildman–Crippen LogP) is 4.49. The Morgan fingerprint density at radius 1 is 1.09 bits per heavy atom. The number of carbonyl (C=O) groups is 1. The number of carbonyl (C=O) groups excluding carboxylic acids is 1. The predicted molar refractivity (Wildman–Crippen MR) is 125 cm³/mol. The largest absolute Gasteiger partial charge is 0.418 e. The number of aryl methyl sites for hydroxylation is 1. The van der Waals surface area contributed by atoms with E-state index in [0.717, 1.165) is 6.07 Å². The standard InChI is InChI=1S/C25H25F3N4O2/c1-15-13-17(16(2)32(15)21-8-6-5-7-18(21)25(26,27)28)14-20-23(33)22-19(29-20)9-10-31(24(22)34)12-11-30(3)4/h5-10,13-14,29H,11-12H2,1-4H3/b20-14+. The van der Waals surface area contributed by atoms with Crippen LogP contribution in [0.15, 0.2) is 53.1 Å². The number of hydrogen-bond donors (Lipinski definition) is 1. The van der Waals surface area contributed by atoms with E-state index in [1.807, 2.05) is 19.0 Å². The number of rotatable bonds is 5. The number of nitrogens with zero attached hydrogens (tertiary/aromatic N) is 3. The third-order valence-electron chi connectivity index (χ3n) is 5.91. The number of allylic oxidation sites excluding steroid dienone is 1. The quantitative estimate of drug-likeness (QED) is 0.559. The summed E-state index contributed by atoms with van der Waals surface area (Å²) in [5.41, 5.74) is 1.36. The molecule has 34 heavy (non-hydrogen) atoms. The van der Waals surface area contributed by atoms with E-state index in [9.17, 15) is 22.8 Å². The third kappa shape index (κ3) is 4.19. The lowest BCUT2D eigenvalue weighted by Crippen LogP contribution is -2.28. The number of alkyl halides is 3. The van der Waals surface area contributed by atoms with Gasteiger partial charge in [-0.05, 0) is 63.8 Å². The van der Waals surface area contributed by atoms with E-state index in [4.69, 9.17) is 0 Å². The fourth-order valence-corrected chi connectivity index (χ4v) is 4.19. The lowest BCUT2D eigenvalue weighted by molar-refractivity contribution is -0.137. The summed E-state index contributed by atoms with van der Waals surface area (Å²) in [6.07, 6.45) is -1.27. The fourth-order valence-electron chi connectivity index (χ4n) is 4.19. The highest BCUT2D eigenvalue weighted by molar-refractivity contribution is 6.20. The Morgan fingerprint density at radius 2 is 1.79 bits per heavy atom. The van der Waals surface area contributed by atoms with Gasteiger partial charge in [-0.25, -0.2) is 0 Å². The molecular formula is C25H25F3N4O2. The van der Waals surface area contributed by atoms with E-state index in [0.29, 0.717) is 35.7 Å². The van der Waals surface area contributed by atoms with Gasteiger partial charge >= 0.3 is 6.18 Å². The second-order valence-corrected chi connectivity index (χ2v) is 8.60. The molecule has 0 bridgehead atoms. The summed E-state index contributed by atoms with van der Waals surface area (Å²) in [6.45, 7) is 4.51. The molecule has 0 saturated heterocycles. The Bertz CT molecular complexity index is 1360. The summed E-state index contributed by atoms with van der Waals surface area (Å²) in [6, 6.07) is 8.79. The maximum Gasteiger partial charge on any atom is 0.418 e. The molecule has 0 amide bonds. The van der Waals surface area contributed by atoms with Gasteiger partial charge in [-0.3, -0.25) is 9.59 Å². The highest BCUT2D eigenvalue weighted by Gasteiger charge is 2.34. The van der Waals surface area contributed by atoms with Crippen LogP contribution >= 0.6 is 0 Å². The number of anilines is 1. The molecule has 4 rings (SSSR count). The molecule has 1 aliphatic rings. The van der Waals surface area contributed by atoms with Crippen molar-refractivity contribution in [2.24, 2.45) is 0 Å². The van der Waals surface area contributed by atoms with Gasteiger partial charge in [0.25, 0.3) is 5.56 Å². The maximum atomic E-state index is 13.6. The van der Waals surface area contributed by atoms with E-state index in [2.05, 4.69) is 5.32 Å². The monoisotopic (exact) mass is 470 g/mol. The van der Waals surface area contributed by atoms with Crippen molar-refractivity contribution < 1.29 is 18.0 Å². The number of halogens is 3. The molecular weight excluding hydrogens is 445 g/mol. The second-order valence-electron chi connectivity index (χ2n) is 8.60. The van der Waals surface area contributed by atoms with Crippen molar-refractivity contribution >= 4 is 17.5 Å². The normalized spacial score (nSPS) is 14.7. The first-order valence-electron chi connectivity index (χ1n) is 10.8. The molecule has 0 unspecified atom stereocenters. The van der Waals surface area contributed by atoms with Crippen LogP contribution in [0.3, 0.4) is 0 Å². The van der Waals surface area contributed by atoms with E-state index in [1.54, 1.807) is 44.3 Å². The topological polar surface area (TPSA) is 59.3 Å². The Kier molecular flexibility index (Phi) is 5.99. The summed E-state index contributed by atoms with van der Waals surface area (Å²) in [5, 5.41) is 3.00. The number of hydrogen-bond acceptors (Lipinski definition) is 4. The van der Waals surface area contributed by atoms with Crippen molar-refractivity contribution in [3.8, 4) is 5.69 Å². The summed E-state index contributed by atoms with van der Waals surface area (Å²) in [5.74, 6) is -0.431. The van der Waals surface area contributed by atoms with Crippen LogP contribution in [-0.2, 0) is 12.7 Å². The van der Waals surface area contributed by atoms with E-state index in [1.165, 1.54) is 21.3 Å². The number of benzene rings is 1. The first kappa shape index (κ1) is 23.6. The van der Waals surface area contributed by atoms with Crippen molar-refractivity contribution in [1.29, 1.82) is 0 Å². The van der Waals surface area contributed by atoms with Gasteiger partial charge < -0.3 is 19.4 Å². The number of ketones is 1. The Labute approximate surface area is 194 Å². The van der Waals surface area contributed by atoms with Crippen molar-refractivity contribution in [3.63, 3.8) is 0 Å². The minimum Gasteiger partial charge on any atom is -0.351 e. The summed E-state index contributed by atoms with van der Waals surface area (Å²) in [4.78, 5) is 27.9. The molecule has 0 aliphatic carbocycles. The molecule has 0 atom stereocenters. The summed E-state index contributed by atoms with van der Waals surface area (Å²) in [7, 11) is 3.80. The molecule has 1 aromatic carbocycles. The zero-order valence-corrected chi connectivity index (χ0v) is 19.3. The van der Waals surface area contributed by atoms with Crippen molar-refractivity contribution in [3.05, 3.63) is 86.7 Å². The minimum atomic E-state index is -4.50. The molecule has 3 aromatic rings. The van der Waals surface area contributed by atoms with Crippen LogP contribution in [0.2, 0.25) is 0 Å². The summed E-state index contributed by atoms with van der Waals surface area (Å²) >= 11 is 0. The lowest BCUT2D eigenvalue weighted by atomic mass is 10.1. The number of Topliss-reactive ketones (excluding diaryl/α,β-unsaturated/α-hetero) is 1. The molecule has 0 radical (unpaired) electrons. The zero-order chi connectivity index (χ0) is 24.8. The number of likely N-dealkylation sites (N-methyl/N-ethyl adjacent to an activating group) is 1. The number of aromatic nitrogens is 2. The molecule has 1 N–H and O–H groups in total. The van der Waals surface area contributed by atoms with Gasteiger partial charge in [0.05, 0.1) is 22.6 Å². The van der Waals surface area contributed by atoms with Crippen LogP contribution < -0.4 is 10.9 Å². The van der Waals surface area contributed by atoms with Crippen molar-refractivity contribution in [1.82, 2.24) is 14.0 Å². The first-order valence-corrected chi connectivity index (χ1v) is 10.8. The average Bonchev–Trinajstić information content (AvgIpc) is 3.22. The molecule has 9 heteroatoms. The van der Waals surface area contributed by atoms with Crippen LogP contribution in [0.25, 0.3) is 11.8 Å². The fraction of sp³-hybridized carbons (Fsp3) is 0.280. The van der Waals surface area contributed by atoms with Gasteiger partial charge in [0.15, 0.2) is 0 Å². The molecule has 0 fully saturated rings. The smallest absolute Gasteiger partial charge is 0.351 e. The Morgan fingerprint density at radius 3 is 2.47 bits per heavy atom. The number of para-hydroxylation sites is 1. The van der Waals surface area contributed by atoms with Crippen molar-refractivity contribution in [2.45, 2.75) is 26.6 Å². The second kappa shape index (κ2) is 8.64. The van der Waals surface area contributed by atoms with Crippen LogP contribution in [-0.4, -0.2) is 40.5 Å². The van der Waals surface area contributed by atoms with E-state index >= 15 is 0 Å². The molecule has 3 heterocycles. The average molecular weight is 470 g/mol. The lowest BCUT2D eigenvalue weighted by Gasteiger charge is -2.16. The van der Waals surface area contributed by atoms with Gasteiger partial charge in [0, 0.05) is 30.7 Å². The third-order valence-corrected chi connectivity index (χ3v) is 5.91. The number of nitrogens with one attached hydrogen (secondary N) is 1.